The molecule has 1 fully saturated rings. The van der Waals surface area contributed by atoms with Gasteiger partial charge in [0.1, 0.15) is 22.9 Å². The van der Waals surface area contributed by atoms with E-state index in [1.807, 2.05) is 54.7 Å². The summed E-state index contributed by atoms with van der Waals surface area (Å²) in [6.45, 7) is 17.9. The van der Waals surface area contributed by atoms with Crippen molar-refractivity contribution in [2.75, 3.05) is 45.3 Å². The molecule has 1 saturated heterocycles. The third kappa shape index (κ3) is 11.1. The third-order valence-electron chi connectivity index (χ3n) is 7.34. The van der Waals surface area contributed by atoms with Crippen molar-refractivity contribution in [2.45, 2.75) is 80.6 Å². The summed E-state index contributed by atoms with van der Waals surface area (Å²) in [5, 5.41) is 15.7. The van der Waals surface area contributed by atoms with E-state index in [0.717, 1.165) is 5.92 Å². The largest absolute Gasteiger partial charge is 0.493 e. The van der Waals surface area contributed by atoms with Gasteiger partial charge in [-0.1, -0.05) is 53.5 Å². The van der Waals surface area contributed by atoms with Crippen LogP contribution in [-0.4, -0.2) is 75.5 Å². The zero-order chi connectivity index (χ0) is 33.9. The van der Waals surface area contributed by atoms with Crippen LogP contribution >= 0.6 is 0 Å². The summed E-state index contributed by atoms with van der Waals surface area (Å²) >= 11 is 0. The molecule has 5 rings (SSSR count). The van der Waals surface area contributed by atoms with Crippen LogP contribution in [0.25, 0.3) is 17.0 Å². The van der Waals surface area contributed by atoms with Gasteiger partial charge in [-0.3, -0.25) is 5.41 Å². The van der Waals surface area contributed by atoms with Crippen molar-refractivity contribution >= 4 is 23.1 Å². The van der Waals surface area contributed by atoms with Gasteiger partial charge in [-0.2, -0.15) is 5.10 Å². The second kappa shape index (κ2) is 20.9. The van der Waals surface area contributed by atoms with Crippen molar-refractivity contribution in [3.8, 4) is 23.0 Å². The van der Waals surface area contributed by atoms with Crippen molar-refractivity contribution in [2.24, 2.45) is 13.0 Å². The number of nitrogens with one attached hydrogen (secondary N) is 2. The number of hydrogen-bond acceptors (Lipinski definition) is 10. The lowest BCUT2D eigenvalue weighted by Gasteiger charge is -2.28. The Bertz CT molecular complexity index is 1350. The van der Waals surface area contributed by atoms with Crippen LogP contribution in [0.5, 0.6) is 11.6 Å². The number of likely N-dealkylation sites (tertiary alicyclic amines) is 1. The first kappa shape index (κ1) is 38.2. The number of fused-ring (bicyclic) bond motifs is 6. The third-order valence-corrected chi connectivity index (χ3v) is 7.34. The molecule has 2 aliphatic rings. The predicted octanol–water partition coefficient (Wildman–Crippen LogP) is 7.77. The summed E-state index contributed by atoms with van der Waals surface area (Å²) in [5.74, 6) is 3.94. The molecule has 254 valence electrons. The highest BCUT2D eigenvalue weighted by molar-refractivity contribution is 6.18. The van der Waals surface area contributed by atoms with E-state index in [4.69, 9.17) is 19.6 Å². The molecule has 3 aromatic heterocycles. The lowest BCUT2D eigenvalue weighted by atomic mass is 9.93. The number of ether oxygens (including phenoxy) is 3. The van der Waals surface area contributed by atoms with Crippen LogP contribution in [0, 0.1) is 11.3 Å². The normalized spacial score (nSPS) is 14.8. The summed E-state index contributed by atoms with van der Waals surface area (Å²) in [6.07, 6.45) is 13.2. The highest BCUT2D eigenvalue weighted by Crippen LogP contribution is 2.32. The number of piperidine rings is 1. The summed E-state index contributed by atoms with van der Waals surface area (Å²) in [5.41, 5.74) is 2.01. The van der Waals surface area contributed by atoms with E-state index in [1.165, 1.54) is 38.8 Å². The number of pyridine rings is 1. The molecule has 46 heavy (non-hydrogen) atoms. The maximum absolute atomic E-state index is 8.23. The number of nitrogens with zero attached hydrogens (tertiary/aromatic N) is 6. The standard InChI is InChI=1S/C22H25N7O3.C9H19N.2C2H6/c1-4-14(20(23)30-5-2)15-12-25-19-11-17(15)31-9-6-10-32-22-16(13-26-29(22)3)21-24-8-7-18(27-19)28-21;1-3-4-9-5-7-10(2)8-6-9;2*1-2/h4,7-8,11-13,23H,5-6,9-10H2,1-3H3,(H,24,25,27,28);9H,3-8H2,1-2H3;2*1-2H3/b14-4-,23-20?;;;. The zero-order valence-electron chi connectivity index (χ0n) is 29.5. The van der Waals surface area contributed by atoms with Crippen LogP contribution in [0.3, 0.4) is 0 Å². The Labute approximate surface area is 276 Å². The second-order valence-corrected chi connectivity index (χ2v) is 10.5. The van der Waals surface area contributed by atoms with Crippen molar-refractivity contribution in [1.82, 2.24) is 29.6 Å². The number of anilines is 2. The first-order chi connectivity index (χ1) is 22.4. The van der Waals surface area contributed by atoms with Gasteiger partial charge in [0.05, 0.1) is 26.0 Å². The minimum Gasteiger partial charge on any atom is -0.493 e. The molecular weight excluding hydrogens is 580 g/mol. The van der Waals surface area contributed by atoms with Crippen LogP contribution in [0.1, 0.15) is 86.1 Å². The van der Waals surface area contributed by atoms with Crippen molar-refractivity contribution in [1.29, 1.82) is 5.41 Å². The summed E-state index contributed by atoms with van der Waals surface area (Å²) in [7, 11) is 4.04. The molecule has 0 amide bonds. The first-order valence-corrected chi connectivity index (χ1v) is 16.9. The van der Waals surface area contributed by atoms with Crippen LogP contribution in [0.2, 0.25) is 0 Å². The molecule has 5 heterocycles. The van der Waals surface area contributed by atoms with E-state index in [9.17, 15) is 0 Å². The average molecular weight is 637 g/mol. The molecule has 11 heteroatoms. The molecule has 2 N–H and O–H groups in total. The summed E-state index contributed by atoms with van der Waals surface area (Å²) < 4.78 is 19.1. The molecule has 0 atom stereocenters. The fourth-order valence-corrected chi connectivity index (χ4v) is 5.07. The molecule has 11 nitrogen and oxygen atoms in total. The molecule has 0 aliphatic carbocycles. The number of rotatable bonds is 5. The van der Waals surface area contributed by atoms with Crippen LogP contribution < -0.4 is 14.8 Å². The fraction of sp³-hybridized carbons (Fsp3) is 0.571. The molecule has 4 bridgehead atoms. The first-order valence-electron chi connectivity index (χ1n) is 16.9. The predicted molar refractivity (Wildman–Crippen MR) is 188 cm³/mol. The van der Waals surface area contributed by atoms with E-state index in [-0.39, 0.29) is 5.90 Å². The minimum atomic E-state index is 0.0734. The van der Waals surface area contributed by atoms with Gasteiger partial charge in [0.15, 0.2) is 5.82 Å². The maximum Gasteiger partial charge on any atom is 0.222 e. The highest BCUT2D eigenvalue weighted by atomic mass is 16.5. The average Bonchev–Trinajstić information content (AvgIpc) is 3.45. The molecule has 0 unspecified atom stereocenters. The molecule has 0 spiro atoms. The molecular formula is C35H56N8O3. The Morgan fingerprint density at radius 3 is 2.43 bits per heavy atom. The van der Waals surface area contributed by atoms with Crippen LogP contribution in [0.15, 0.2) is 36.8 Å². The second-order valence-electron chi connectivity index (χ2n) is 10.5. The Morgan fingerprint density at radius 2 is 1.76 bits per heavy atom. The van der Waals surface area contributed by atoms with Gasteiger partial charge in [-0.15, -0.1) is 0 Å². The smallest absolute Gasteiger partial charge is 0.222 e. The van der Waals surface area contributed by atoms with Gasteiger partial charge in [-0.05, 0) is 58.8 Å². The van der Waals surface area contributed by atoms with Gasteiger partial charge in [0, 0.05) is 43.1 Å². The maximum atomic E-state index is 8.23. The van der Waals surface area contributed by atoms with E-state index in [1.54, 1.807) is 35.4 Å². The van der Waals surface area contributed by atoms with E-state index in [0.29, 0.717) is 72.0 Å². The zero-order valence-corrected chi connectivity index (χ0v) is 29.5. The van der Waals surface area contributed by atoms with Crippen LogP contribution in [0.4, 0.5) is 11.6 Å². The van der Waals surface area contributed by atoms with Gasteiger partial charge in [0.25, 0.3) is 0 Å². The van der Waals surface area contributed by atoms with E-state index < -0.39 is 0 Å². The minimum absolute atomic E-state index is 0.0734. The highest BCUT2D eigenvalue weighted by Gasteiger charge is 2.19. The van der Waals surface area contributed by atoms with E-state index in [2.05, 4.69) is 44.2 Å². The fourth-order valence-electron chi connectivity index (χ4n) is 5.07. The lowest BCUT2D eigenvalue weighted by Crippen LogP contribution is -2.29. The van der Waals surface area contributed by atoms with Crippen molar-refractivity contribution in [3.05, 3.63) is 42.4 Å². The van der Waals surface area contributed by atoms with Gasteiger partial charge < -0.3 is 24.4 Å². The summed E-state index contributed by atoms with van der Waals surface area (Å²) in [4.78, 5) is 15.9. The quantitative estimate of drug-likeness (QED) is 0.213. The molecule has 0 aromatic carbocycles. The number of hydrogen-bond donors (Lipinski definition) is 2. The Morgan fingerprint density at radius 1 is 1.04 bits per heavy atom. The topological polar surface area (TPSA) is 123 Å². The molecule has 2 aliphatic heterocycles. The number of allylic oxidation sites excluding steroid dienone is 1. The Kier molecular flexibility index (Phi) is 17.4. The SMILES string of the molecule is C/C=C(\C(=N)OCC)c1cnc2cc1OCCCOc1c(cnn1C)-c1nccc(n1)N2.CC.CC.CCCC1CCN(C)CC1. The van der Waals surface area contributed by atoms with Gasteiger partial charge in [0.2, 0.25) is 11.8 Å². The van der Waals surface area contributed by atoms with Gasteiger partial charge >= 0.3 is 0 Å². The molecule has 0 radical (unpaired) electrons. The van der Waals surface area contributed by atoms with Crippen molar-refractivity contribution in [3.63, 3.8) is 0 Å². The Balaban J connectivity index is 0.000000442. The molecule has 0 saturated carbocycles. The monoisotopic (exact) mass is 636 g/mol. The van der Waals surface area contributed by atoms with Crippen LogP contribution in [-0.2, 0) is 11.8 Å². The van der Waals surface area contributed by atoms with Gasteiger partial charge in [-0.25, -0.2) is 19.6 Å². The number of aromatic nitrogens is 5. The number of aryl methyl sites for hydroxylation is 1. The van der Waals surface area contributed by atoms with Crippen molar-refractivity contribution < 1.29 is 14.2 Å². The summed E-state index contributed by atoms with van der Waals surface area (Å²) in [6, 6.07) is 3.55. The molecule has 3 aromatic rings. The Hall–Kier alpha value is -3.99. The van der Waals surface area contributed by atoms with E-state index >= 15 is 0 Å². The lowest BCUT2D eigenvalue weighted by molar-refractivity contribution is 0.211.